The van der Waals surface area contributed by atoms with Crippen molar-refractivity contribution in [1.82, 2.24) is 14.9 Å². The number of nitrogens with zero attached hydrogens (tertiary/aromatic N) is 3. The second-order valence-electron chi connectivity index (χ2n) is 4.63. The molecule has 0 amide bonds. The van der Waals surface area contributed by atoms with E-state index in [1.807, 2.05) is 13.0 Å². The van der Waals surface area contributed by atoms with Gasteiger partial charge in [-0.15, -0.1) is 0 Å². The summed E-state index contributed by atoms with van der Waals surface area (Å²) in [6.45, 7) is 6.19. The lowest BCUT2D eigenvalue weighted by atomic mass is 10.2. The number of aryl methyl sites for hydroxylation is 1. The molecular weight excluding hydrogens is 214 g/mol. The molecule has 1 unspecified atom stereocenters. The lowest BCUT2D eigenvalue weighted by Gasteiger charge is -2.22. The first-order valence-electron chi connectivity index (χ1n) is 6.28. The van der Waals surface area contributed by atoms with Crippen molar-refractivity contribution in [2.24, 2.45) is 5.84 Å². The minimum atomic E-state index is 0.688. The second kappa shape index (κ2) is 5.42. The van der Waals surface area contributed by atoms with E-state index in [4.69, 9.17) is 5.84 Å². The number of hydrogen-bond acceptors (Lipinski definition) is 5. The van der Waals surface area contributed by atoms with E-state index in [9.17, 15) is 0 Å². The Bertz CT molecular complexity index is 379. The molecule has 5 nitrogen and oxygen atoms in total. The number of aromatic nitrogens is 2. The molecule has 1 aromatic heterocycles. The van der Waals surface area contributed by atoms with Gasteiger partial charge in [-0.05, 0) is 32.7 Å². The Hall–Kier alpha value is -1.20. The topological polar surface area (TPSA) is 67.1 Å². The molecule has 0 spiro atoms. The smallest absolute Gasteiger partial charge is 0.145 e. The summed E-state index contributed by atoms with van der Waals surface area (Å²) < 4.78 is 0. The number of hydrogen-bond donors (Lipinski definition) is 2. The van der Waals surface area contributed by atoms with E-state index in [1.165, 1.54) is 19.3 Å². The molecule has 3 N–H and O–H groups in total. The van der Waals surface area contributed by atoms with Crippen LogP contribution in [0.4, 0.5) is 5.82 Å². The molecular formula is C12H21N5. The molecule has 0 bridgehead atoms. The third-order valence-electron chi connectivity index (χ3n) is 3.36. The van der Waals surface area contributed by atoms with E-state index in [0.717, 1.165) is 24.6 Å². The highest BCUT2D eigenvalue weighted by molar-refractivity contribution is 5.33. The Labute approximate surface area is 102 Å². The molecule has 0 saturated carbocycles. The van der Waals surface area contributed by atoms with Gasteiger partial charge < -0.3 is 5.43 Å². The van der Waals surface area contributed by atoms with Crippen molar-refractivity contribution in [3.63, 3.8) is 0 Å². The Morgan fingerprint density at radius 1 is 1.53 bits per heavy atom. The van der Waals surface area contributed by atoms with E-state index in [0.29, 0.717) is 11.9 Å². The van der Waals surface area contributed by atoms with Crippen LogP contribution in [0.3, 0.4) is 0 Å². The zero-order valence-corrected chi connectivity index (χ0v) is 10.6. The molecule has 2 heterocycles. The lowest BCUT2D eigenvalue weighted by Crippen LogP contribution is -2.29. The summed E-state index contributed by atoms with van der Waals surface area (Å²) in [6, 6.07) is 2.54. The van der Waals surface area contributed by atoms with Gasteiger partial charge in [0.1, 0.15) is 11.6 Å². The highest BCUT2D eigenvalue weighted by Crippen LogP contribution is 2.21. The highest BCUT2D eigenvalue weighted by Gasteiger charge is 2.23. The van der Waals surface area contributed by atoms with Crippen molar-refractivity contribution < 1.29 is 0 Å². The fourth-order valence-corrected chi connectivity index (χ4v) is 2.52. The molecule has 1 aromatic rings. The summed E-state index contributed by atoms with van der Waals surface area (Å²) in [5, 5.41) is 0. The monoisotopic (exact) mass is 235 g/mol. The Morgan fingerprint density at radius 2 is 2.35 bits per heavy atom. The molecule has 17 heavy (non-hydrogen) atoms. The fourth-order valence-electron chi connectivity index (χ4n) is 2.52. The SMILES string of the molecule is CCC1CCCN1Cc1nc(C)cc(NN)n1. The molecule has 94 valence electrons. The predicted molar refractivity (Wildman–Crippen MR) is 68.3 cm³/mol. The first kappa shape index (κ1) is 12.3. The van der Waals surface area contributed by atoms with Crippen molar-refractivity contribution in [1.29, 1.82) is 0 Å². The van der Waals surface area contributed by atoms with Gasteiger partial charge in [-0.2, -0.15) is 0 Å². The van der Waals surface area contributed by atoms with Gasteiger partial charge in [0, 0.05) is 17.8 Å². The van der Waals surface area contributed by atoms with E-state index < -0.39 is 0 Å². The predicted octanol–water partition coefficient (Wildman–Crippen LogP) is 1.45. The molecule has 0 radical (unpaired) electrons. The van der Waals surface area contributed by atoms with Crippen molar-refractivity contribution in [2.45, 2.75) is 45.7 Å². The van der Waals surface area contributed by atoms with Crippen molar-refractivity contribution >= 4 is 5.82 Å². The van der Waals surface area contributed by atoms with Gasteiger partial charge in [-0.1, -0.05) is 6.92 Å². The van der Waals surface area contributed by atoms with Crippen LogP contribution in [0, 0.1) is 6.92 Å². The minimum Gasteiger partial charge on any atom is -0.308 e. The number of rotatable bonds is 4. The van der Waals surface area contributed by atoms with Gasteiger partial charge in [0.25, 0.3) is 0 Å². The van der Waals surface area contributed by atoms with Crippen molar-refractivity contribution in [2.75, 3.05) is 12.0 Å². The fraction of sp³-hybridized carbons (Fsp3) is 0.667. The number of nitrogens with one attached hydrogen (secondary N) is 1. The number of hydrazine groups is 1. The maximum absolute atomic E-state index is 5.40. The zero-order valence-electron chi connectivity index (χ0n) is 10.6. The average molecular weight is 235 g/mol. The number of anilines is 1. The normalized spacial score (nSPS) is 20.8. The molecule has 1 aliphatic rings. The van der Waals surface area contributed by atoms with Crippen LogP contribution in [0.1, 0.15) is 37.7 Å². The summed E-state index contributed by atoms with van der Waals surface area (Å²) in [4.78, 5) is 11.3. The summed E-state index contributed by atoms with van der Waals surface area (Å²) in [7, 11) is 0. The molecule has 1 fully saturated rings. The van der Waals surface area contributed by atoms with E-state index in [-0.39, 0.29) is 0 Å². The van der Waals surface area contributed by atoms with Gasteiger partial charge in [-0.25, -0.2) is 15.8 Å². The highest BCUT2D eigenvalue weighted by atomic mass is 15.3. The zero-order chi connectivity index (χ0) is 12.3. The molecule has 1 aliphatic heterocycles. The van der Waals surface area contributed by atoms with Crippen molar-refractivity contribution in [3.8, 4) is 0 Å². The quantitative estimate of drug-likeness (QED) is 0.610. The van der Waals surface area contributed by atoms with Crippen LogP contribution in [-0.2, 0) is 6.54 Å². The molecule has 2 rings (SSSR count). The second-order valence-corrected chi connectivity index (χ2v) is 4.63. The molecule has 0 aromatic carbocycles. The van der Waals surface area contributed by atoms with Crippen LogP contribution >= 0.6 is 0 Å². The summed E-state index contributed by atoms with van der Waals surface area (Å²) >= 11 is 0. The third kappa shape index (κ3) is 2.92. The first-order chi connectivity index (χ1) is 8.22. The van der Waals surface area contributed by atoms with Gasteiger partial charge in [0.2, 0.25) is 0 Å². The standard InChI is InChI=1S/C12H21N5/c1-3-10-5-4-6-17(10)8-12-14-9(2)7-11(15-12)16-13/h7,10H,3-6,8,13H2,1-2H3,(H,14,15,16). The van der Waals surface area contributed by atoms with E-state index >= 15 is 0 Å². The maximum Gasteiger partial charge on any atom is 0.145 e. The Kier molecular flexibility index (Phi) is 3.91. The molecule has 1 atom stereocenters. The third-order valence-corrected chi connectivity index (χ3v) is 3.36. The van der Waals surface area contributed by atoms with E-state index in [2.05, 4.69) is 27.2 Å². The Balaban J connectivity index is 2.09. The molecule has 5 heteroatoms. The van der Waals surface area contributed by atoms with Crippen molar-refractivity contribution in [3.05, 3.63) is 17.6 Å². The van der Waals surface area contributed by atoms with Gasteiger partial charge in [0.05, 0.1) is 6.54 Å². The number of nitrogen functional groups attached to an aromatic ring is 1. The van der Waals surface area contributed by atoms with Gasteiger partial charge in [0.15, 0.2) is 0 Å². The molecule has 1 saturated heterocycles. The molecule has 0 aliphatic carbocycles. The minimum absolute atomic E-state index is 0.688. The summed E-state index contributed by atoms with van der Waals surface area (Å²) in [5.74, 6) is 6.95. The summed E-state index contributed by atoms with van der Waals surface area (Å²) in [6.07, 6.45) is 3.78. The van der Waals surface area contributed by atoms with Gasteiger partial charge >= 0.3 is 0 Å². The lowest BCUT2D eigenvalue weighted by molar-refractivity contribution is 0.234. The van der Waals surface area contributed by atoms with Crippen LogP contribution in [0.25, 0.3) is 0 Å². The summed E-state index contributed by atoms with van der Waals surface area (Å²) in [5.41, 5.74) is 3.54. The van der Waals surface area contributed by atoms with Crippen LogP contribution in [0.15, 0.2) is 6.07 Å². The van der Waals surface area contributed by atoms with E-state index in [1.54, 1.807) is 0 Å². The van der Waals surface area contributed by atoms with Gasteiger partial charge in [-0.3, -0.25) is 4.90 Å². The van der Waals surface area contributed by atoms with Crippen LogP contribution in [0.2, 0.25) is 0 Å². The largest absolute Gasteiger partial charge is 0.308 e. The van der Waals surface area contributed by atoms with Crippen LogP contribution < -0.4 is 11.3 Å². The average Bonchev–Trinajstić information content (AvgIpc) is 2.75. The van der Waals surface area contributed by atoms with Crippen LogP contribution in [0.5, 0.6) is 0 Å². The van der Waals surface area contributed by atoms with Crippen LogP contribution in [-0.4, -0.2) is 27.5 Å². The Morgan fingerprint density at radius 3 is 3.06 bits per heavy atom. The maximum atomic E-state index is 5.40. The first-order valence-corrected chi connectivity index (χ1v) is 6.28. The number of likely N-dealkylation sites (tertiary alicyclic amines) is 1. The number of nitrogens with two attached hydrogens (primary N) is 1.